The van der Waals surface area contributed by atoms with Gasteiger partial charge in [0.1, 0.15) is 50.5 Å². The number of carbonyl (C=O) groups is 1. The summed E-state index contributed by atoms with van der Waals surface area (Å²) in [6.45, 7) is 7.44. The molecule has 0 saturated carbocycles. The minimum atomic E-state index is -1.42. The smallest absolute Gasteiger partial charge is 1.00 e. The summed E-state index contributed by atoms with van der Waals surface area (Å²) in [5.74, 6) is 1.04. The van der Waals surface area contributed by atoms with E-state index in [1.807, 2.05) is 110 Å². The number of nitrogen functional groups attached to an aromatic ring is 3. The number of aryl methyl sites for hydroxylation is 4. The number of nitrogens with one attached hydrogen (secondary N) is 1. The molecule has 31 nitrogen and oxygen atoms in total. The van der Waals surface area contributed by atoms with E-state index in [1.165, 1.54) is 56.3 Å². The van der Waals surface area contributed by atoms with Crippen molar-refractivity contribution in [2.24, 2.45) is 0 Å². The van der Waals surface area contributed by atoms with Crippen LogP contribution < -0.4 is 141 Å². The Balaban J connectivity index is 0.000000191. The van der Waals surface area contributed by atoms with E-state index in [0.29, 0.717) is 56.8 Å². The molecule has 102 heavy (non-hydrogen) atoms. The largest absolute Gasteiger partial charge is 1.00 e. The third-order valence-electron chi connectivity index (χ3n) is 14.7. The van der Waals surface area contributed by atoms with Crippen molar-refractivity contribution in [2.45, 2.75) is 47.0 Å². The van der Waals surface area contributed by atoms with Gasteiger partial charge in [0.25, 0.3) is 6.47 Å². The van der Waals surface area contributed by atoms with Gasteiger partial charge in [0.2, 0.25) is 17.8 Å². The Hall–Kier alpha value is -8.61. The molecule has 0 unspecified atom stereocenters. The first-order chi connectivity index (χ1) is 48.0. The fourth-order valence-corrected chi connectivity index (χ4v) is 10.4. The second-order valence-corrected chi connectivity index (χ2v) is 22.7. The number of nitrogens with two attached hydrogens (primary N) is 3. The Labute approximate surface area is 674 Å². The molecular formula is C63H62BCl2F3K2N26O5. The van der Waals surface area contributed by atoms with Crippen LogP contribution in [0.5, 0.6) is 0 Å². The average molecular weight is 1480 g/mol. The van der Waals surface area contributed by atoms with Gasteiger partial charge in [-0.25, -0.2) is 53.0 Å². The standard InChI is InChI=1S/C21H20FN9.C19H14ClFN8.C12H10ClFN6.C8H9BN2O2.C2H7N.CH2O3.2K.H/c1-12-10-25-17-7-6-13(11-30(12)17)18-19(29(2)3)27-21(23)31-20(18)26-16(28-31)9-15-14(22)5-4-8-24-15;1-10-8-24-15-5-4-11(9-28(10)15)16-17(20)26-19(22)29-18(16)25-14(27-29)7-13-12(21)3-2-6-23-13;1-6-10(13)18-12(15)20-11(6)17-9(19-20)5-8-7(14)3-2-4-16-8;1-6-4-10-8-3-2-7(9(12)13)5-11(6)8;1-3-2;2-1-4-3;;;/h4-8,10-11H,9H2,1-3H3,(H2,23,27);2-6,8-9H,7H2,1H3,(H2,22,26);2-4H,5H2,1H3,(H2,15,18);2-5,12-13H,1H3;3H,1-2H3;1,3H;;;/q;;;;;;2*+1;-1/p-1. The van der Waals surface area contributed by atoms with Crippen LogP contribution in [0.15, 0.2) is 129 Å². The first kappa shape index (κ1) is 79.1. The minimum absolute atomic E-state index is 0. The second-order valence-electron chi connectivity index (χ2n) is 21.9. The molecule has 0 aliphatic heterocycles. The molecule has 0 aromatic carbocycles. The summed E-state index contributed by atoms with van der Waals surface area (Å²) in [6, 6.07) is 19.7. The number of hydrogen-bond donors (Lipinski definition) is 6. The predicted molar refractivity (Wildman–Crippen MR) is 367 cm³/mol. The van der Waals surface area contributed by atoms with Crippen molar-refractivity contribution in [2.75, 3.05) is 50.3 Å². The van der Waals surface area contributed by atoms with Crippen LogP contribution in [0.1, 0.15) is 58.6 Å². The third kappa shape index (κ3) is 18.0. The van der Waals surface area contributed by atoms with E-state index < -0.39 is 24.6 Å². The number of anilines is 4. The molecule has 15 aromatic heterocycles. The molecule has 9 N–H and O–H groups in total. The minimum Gasteiger partial charge on any atom is -1.00 e. The summed E-state index contributed by atoms with van der Waals surface area (Å²) in [6.07, 6.45) is 15.9. The Morgan fingerprint density at radius 2 is 0.922 bits per heavy atom. The van der Waals surface area contributed by atoms with Crippen LogP contribution in [0, 0.1) is 45.1 Å². The third-order valence-corrected chi connectivity index (χ3v) is 15.3. The zero-order chi connectivity index (χ0) is 71.6. The molecule has 0 fully saturated rings. The Morgan fingerprint density at radius 3 is 1.32 bits per heavy atom. The number of halogens is 5. The van der Waals surface area contributed by atoms with Gasteiger partial charge in [0, 0.05) is 104 Å². The molecule has 15 aromatic rings. The van der Waals surface area contributed by atoms with Crippen molar-refractivity contribution < 1.29 is 142 Å². The number of hydrogen-bond acceptors (Lipinski definition) is 25. The van der Waals surface area contributed by atoms with E-state index in [9.17, 15) is 13.2 Å². The average Bonchev–Trinajstić information content (AvgIpc) is 1.68. The number of carbonyl (C=O) groups excluding carboxylic acids is 1. The van der Waals surface area contributed by atoms with E-state index in [0.717, 1.165) is 50.7 Å². The van der Waals surface area contributed by atoms with Crippen LogP contribution in [0.4, 0.5) is 36.8 Å². The van der Waals surface area contributed by atoms with Crippen LogP contribution in [-0.2, 0) is 28.9 Å². The zero-order valence-electron chi connectivity index (χ0n) is 57.5. The first-order valence-corrected chi connectivity index (χ1v) is 30.6. The van der Waals surface area contributed by atoms with Crippen LogP contribution in [0.2, 0.25) is 10.3 Å². The van der Waals surface area contributed by atoms with E-state index in [-0.39, 0.29) is 175 Å². The summed E-state index contributed by atoms with van der Waals surface area (Å²) in [4.78, 5) is 64.3. The van der Waals surface area contributed by atoms with Gasteiger partial charge in [0.05, 0.1) is 47.5 Å². The molecule has 0 atom stereocenters. The number of fused-ring (bicyclic) bond motifs is 6. The molecule has 0 aliphatic carbocycles. The number of aromatic nitrogens is 21. The molecule has 514 valence electrons. The van der Waals surface area contributed by atoms with Crippen molar-refractivity contribution in [1.82, 2.24) is 107 Å². The molecular weight excluding hydrogens is 1420 g/mol. The van der Waals surface area contributed by atoms with Gasteiger partial charge in [-0.2, -0.15) is 18.5 Å². The quantitative estimate of drug-likeness (QED) is 0.0301. The van der Waals surface area contributed by atoms with Gasteiger partial charge in [-0.05, 0) is 114 Å². The van der Waals surface area contributed by atoms with Crippen molar-refractivity contribution in [3.63, 3.8) is 0 Å². The topological polar surface area (TPSA) is 403 Å². The first-order valence-electron chi connectivity index (χ1n) is 29.9. The normalized spacial score (nSPS) is 10.7. The van der Waals surface area contributed by atoms with Gasteiger partial charge >= 0.3 is 110 Å². The van der Waals surface area contributed by atoms with Crippen molar-refractivity contribution in [3.8, 4) is 22.3 Å². The fourth-order valence-electron chi connectivity index (χ4n) is 9.96. The second kappa shape index (κ2) is 35.5. The molecule has 39 heteroatoms. The maximum Gasteiger partial charge on any atom is 1.00 e. The van der Waals surface area contributed by atoms with Gasteiger partial charge in [-0.15, -0.1) is 15.3 Å². The number of rotatable bonds is 11. The molecule has 15 heterocycles. The summed E-state index contributed by atoms with van der Waals surface area (Å²) >= 11 is 12.4. The number of nitrogens with zero attached hydrogens (tertiary/aromatic N) is 22. The summed E-state index contributed by atoms with van der Waals surface area (Å²) in [5, 5.41) is 42.6. The summed E-state index contributed by atoms with van der Waals surface area (Å²) in [7, 11) is 6.11. The molecule has 0 bridgehead atoms. The monoisotopic (exact) mass is 1480 g/mol. The van der Waals surface area contributed by atoms with E-state index in [1.54, 1.807) is 49.9 Å². The summed E-state index contributed by atoms with van der Waals surface area (Å²) in [5.41, 5.74) is 29.8. The van der Waals surface area contributed by atoms with Gasteiger partial charge in [0.15, 0.2) is 34.4 Å². The Morgan fingerprint density at radius 1 is 0.559 bits per heavy atom. The Kier molecular flexibility index (Phi) is 27.5. The van der Waals surface area contributed by atoms with Crippen LogP contribution in [0.25, 0.3) is 56.1 Å². The fraction of sp³-hybridized carbons (Fsp3) is 0.175. The van der Waals surface area contributed by atoms with Crippen molar-refractivity contribution in [3.05, 3.63) is 214 Å². The van der Waals surface area contributed by atoms with Crippen LogP contribution >= 0.6 is 23.2 Å². The van der Waals surface area contributed by atoms with Crippen LogP contribution in [0.3, 0.4) is 0 Å². The summed E-state index contributed by atoms with van der Waals surface area (Å²) < 4.78 is 51.7. The number of pyridine rings is 6. The van der Waals surface area contributed by atoms with E-state index in [4.69, 9.17) is 65.5 Å². The zero-order valence-corrected chi connectivity index (χ0v) is 64.2. The van der Waals surface area contributed by atoms with E-state index >= 15 is 0 Å². The molecule has 0 radical (unpaired) electrons. The van der Waals surface area contributed by atoms with Crippen LogP contribution in [-0.4, -0.2) is 154 Å². The molecule has 0 saturated heterocycles. The van der Waals surface area contributed by atoms with Crippen molar-refractivity contribution in [1.29, 1.82) is 0 Å². The SMILES string of the molecule is CNC.Cc1c(Cl)nc(N)n2nc(Cc3ncccc3F)nc12.Cc1cnc2ccc(-c3c(Cl)nc(N)n4nc(Cc5ncccc5F)nc34)cn12.Cc1cnc2ccc(-c3c(N(C)C)nc(N)n4nc(Cc5ncccc5F)nc34)cn12.Cc1cnc2ccc(B(O)O)cn12.O=CO[O-].[H-].[K+].[K+]. The molecule has 0 aliphatic rings. The Bertz CT molecular complexity index is 5460. The van der Waals surface area contributed by atoms with Crippen molar-refractivity contribution >= 4 is 99.8 Å². The maximum atomic E-state index is 14.1. The predicted octanol–water partition coefficient (Wildman–Crippen LogP) is -0.865. The van der Waals surface area contributed by atoms with Gasteiger partial charge < -0.3 is 62.2 Å². The number of imidazole rings is 3. The van der Waals surface area contributed by atoms with Gasteiger partial charge in [-0.1, -0.05) is 29.3 Å². The maximum absolute atomic E-state index is 14.1. The molecule has 0 spiro atoms. The molecule has 0 amide bonds. The van der Waals surface area contributed by atoms with Gasteiger partial charge in [-0.3, -0.25) is 19.7 Å². The van der Waals surface area contributed by atoms with E-state index in [2.05, 4.69) is 80.3 Å². The molecule has 15 rings (SSSR count).